The molecule has 2 aromatic carbocycles. The van der Waals surface area contributed by atoms with Crippen LogP contribution in [0.25, 0.3) is 10.8 Å². The molecule has 0 aliphatic heterocycles. The van der Waals surface area contributed by atoms with Gasteiger partial charge in [0.15, 0.2) is 0 Å². The maximum absolute atomic E-state index is 6.66. The third kappa shape index (κ3) is 2.03. The lowest BCUT2D eigenvalue weighted by atomic mass is 9.87. The fourth-order valence-corrected chi connectivity index (χ4v) is 3.62. The van der Waals surface area contributed by atoms with Crippen molar-refractivity contribution in [2.75, 3.05) is 0 Å². The van der Waals surface area contributed by atoms with Crippen LogP contribution in [-0.2, 0) is 6.42 Å². The van der Waals surface area contributed by atoms with E-state index in [1.807, 2.05) is 12.4 Å². The Labute approximate surface area is 124 Å². The van der Waals surface area contributed by atoms with Crippen LogP contribution in [0.4, 0.5) is 0 Å². The first kappa shape index (κ1) is 12.5. The van der Waals surface area contributed by atoms with Crippen LogP contribution in [0.5, 0.6) is 0 Å². The molecule has 0 bridgehead atoms. The van der Waals surface area contributed by atoms with Gasteiger partial charge in [0.2, 0.25) is 0 Å². The molecule has 0 amide bonds. The summed E-state index contributed by atoms with van der Waals surface area (Å²) in [5.74, 6) is 0.417. The van der Waals surface area contributed by atoms with Gasteiger partial charge in [-0.25, -0.2) is 0 Å². The number of hydrogen-bond donors (Lipinski definition) is 1. The largest absolute Gasteiger partial charge is 0.323 e. The van der Waals surface area contributed by atoms with Crippen LogP contribution in [-0.4, -0.2) is 4.98 Å². The Morgan fingerprint density at radius 1 is 1.05 bits per heavy atom. The number of benzene rings is 2. The highest BCUT2D eigenvalue weighted by molar-refractivity contribution is 5.85. The van der Waals surface area contributed by atoms with Gasteiger partial charge >= 0.3 is 0 Å². The molecule has 2 heteroatoms. The first-order valence-corrected chi connectivity index (χ1v) is 7.50. The molecule has 0 saturated carbocycles. The van der Waals surface area contributed by atoms with Gasteiger partial charge in [-0.1, -0.05) is 42.5 Å². The van der Waals surface area contributed by atoms with Crippen LogP contribution in [0.1, 0.15) is 35.1 Å². The predicted molar refractivity (Wildman–Crippen MR) is 86.2 cm³/mol. The number of rotatable bonds is 2. The molecule has 2 unspecified atom stereocenters. The van der Waals surface area contributed by atoms with Gasteiger partial charge in [0.05, 0.1) is 0 Å². The molecular weight excluding hydrogens is 256 g/mol. The van der Waals surface area contributed by atoms with Crippen LogP contribution >= 0.6 is 0 Å². The van der Waals surface area contributed by atoms with E-state index in [2.05, 4.69) is 53.5 Å². The Bertz CT molecular complexity index is 789. The van der Waals surface area contributed by atoms with E-state index in [1.165, 1.54) is 22.1 Å². The van der Waals surface area contributed by atoms with Crippen molar-refractivity contribution in [3.8, 4) is 0 Å². The van der Waals surface area contributed by atoms with E-state index in [9.17, 15) is 0 Å². The van der Waals surface area contributed by atoms with Crippen LogP contribution in [0.3, 0.4) is 0 Å². The summed E-state index contributed by atoms with van der Waals surface area (Å²) in [6, 6.07) is 17.2. The van der Waals surface area contributed by atoms with E-state index in [4.69, 9.17) is 5.73 Å². The van der Waals surface area contributed by atoms with Crippen LogP contribution in [0.2, 0.25) is 0 Å². The molecule has 1 aromatic heterocycles. The standard InChI is InChI=1S/C19H18N2/c20-19(18-9-8-13-4-1-2-6-15(13)18)17-7-3-5-14-12-21-11-10-16(14)17/h1-7,10-12,18-19H,8-9,20H2. The highest BCUT2D eigenvalue weighted by Gasteiger charge is 2.28. The van der Waals surface area contributed by atoms with Crippen molar-refractivity contribution in [1.82, 2.24) is 4.98 Å². The lowest BCUT2D eigenvalue weighted by Crippen LogP contribution is -2.18. The van der Waals surface area contributed by atoms with Crippen LogP contribution in [0.15, 0.2) is 60.9 Å². The Morgan fingerprint density at radius 2 is 1.95 bits per heavy atom. The molecule has 4 rings (SSSR count). The summed E-state index contributed by atoms with van der Waals surface area (Å²) in [4.78, 5) is 4.21. The molecule has 1 aliphatic rings. The summed E-state index contributed by atoms with van der Waals surface area (Å²) in [7, 11) is 0. The van der Waals surface area contributed by atoms with Gasteiger partial charge in [0.25, 0.3) is 0 Å². The predicted octanol–water partition coefficient (Wildman–Crippen LogP) is 3.96. The Kier molecular flexibility index (Phi) is 2.97. The molecule has 21 heavy (non-hydrogen) atoms. The van der Waals surface area contributed by atoms with Crippen LogP contribution in [0, 0.1) is 0 Å². The first-order valence-electron chi connectivity index (χ1n) is 7.50. The molecule has 2 N–H and O–H groups in total. The summed E-state index contributed by atoms with van der Waals surface area (Å²) < 4.78 is 0. The average Bonchev–Trinajstić information content (AvgIpc) is 2.98. The molecule has 0 fully saturated rings. The Balaban J connectivity index is 1.80. The minimum absolute atomic E-state index is 0.0414. The summed E-state index contributed by atoms with van der Waals surface area (Å²) in [6.07, 6.45) is 6.04. The number of hydrogen-bond acceptors (Lipinski definition) is 2. The number of nitrogens with zero attached hydrogens (tertiary/aromatic N) is 1. The quantitative estimate of drug-likeness (QED) is 0.768. The fourth-order valence-electron chi connectivity index (χ4n) is 3.62. The summed E-state index contributed by atoms with van der Waals surface area (Å²) in [5, 5.41) is 2.39. The normalized spacial score (nSPS) is 18.6. The van der Waals surface area contributed by atoms with Crippen molar-refractivity contribution in [2.24, 2.45) is 5.73 Å². The Hall–Kier alpha value is -2.19. The second-order valence-electron chi connectivity index (χ2n) is 5.81. The van der Waals surface area contributed by atoms with Crippen molar-refractivity contribution in [3.05, 3.63) is 77.6 Å². The molecule has 1 aliphatic carbocycles. The molecule has 1 heterocycles. The van der Waals surface area contributed by atoms with Gasteiger partial charge in [0.1, 0.15) is 0 Å². The topological polar surface area (TPSA) is 38.9 Å². The van der Waals surface area contributed by atoms with E-state index < -0.39 is 0 Å². The van der Waals surface area contributed by atoms with E-state index >= 15 is 0 Å². The van der Waals surface area contributed by atoms with Crippen molar-refractivity contribution in [1.29, 1.82) is 0 Å². The molecule has 3 aromatic rings. The molecule has 2 nitrogen and oxygen atoms in total. The number of aryl methyl sites for hydroxylation is 1. The fraction of sp³-hybridized carbons (Fsp3) is 0.211. The minimum Gasteiger partial charge on any atom is -0.323 e. The van der Waals surface area contributed by atoms with Crippen molar-refractivity contribution in [2.45, 2.75) is 24.8 Å². The molecule has 104 valence electrons. The molecule has 0 saturated heterocycles. The van der Waals surface area contributed by atoms with Gasteiger partial charge in [-0.3, -0.25) is 4.98 Å². The SMILES string of the molecule is NC(c1cccc2cnccc12)C1CCc2ccccc21. The van der Waals surface area contributed by atoms with E-state index in [1.54, 1.807) is 0 Å². The third-order valence-corrected chi connectivity index (χ3v) is 4.69. The second-order valence-corrected chi connectivity index (χ2v) is 5.81. The van der Waals surface area contributed by atoms with Crippen molar-refractivity contribution >= 4 is 10.8 Å². The highest BCUT2D eigenvalue weighted by atomic mass is 14.7. The number of nitrogens with two attached hydrogens (primary N) is 1. The third-order valence-electron chi connectivity index (χ3n) is 4.69. The maximum Gasteiger partial charge on any atom is 0.0370 e. The van der Waals surface area contributed by atoms with Crippen molar-refractivity contribution < 1.29 is 0 Å². The summed E-state index contributed by atoms with van der Waals surface area (Å²) in [6.45, 7) is 0. The van der Waals surface area contributed by atoms with Gasteiger partial charge in [-0.05, 0) is 41.0 Å². The zero-order valence-corrected chi connectivity index (χ0v) is 11.9. The molecule has 0 spiro atoms. The zero-order chi connectivity index (χ0) is 14.2. The lowest BCUT2D eigenvalue weighted by molar-refractivity contribution is 0.554. The van der Waals surface area contributed by atoms with Gasteiger partial charge in [-0.15, -0.1) is 0 Å². The Morgan fingerprint density at radius 3 is 2.90 bits per heavy atom. The van der Waals surface area contributed by atoms with E-state index in [0.717, 1.165) is 18.2 Å². The number of fused-ring (bicyclic) bond motifs is 2. The summed E-state index contributed by atoms with van der Waals surface area (Å²) >= 11 is 0. The molecular formula is C19H18N2. The maximum atomic E-state index is 6.66. The van der Waals surface area contributed by atoms with Crippen LogP contribution < -0.4 is 5.73 Å². The zero-order valence-electron chi connectivity index (χ0n) is 11.9. The average molecular weight is 274 g/mol. The second kappa shape index (κ2) is 4.97. The van der Waals surface area contributed by atoms with Gasteiger partial charge < -0.3 is 5.73 Å². The number of aromatic nitrogens is 1. The van der Waals surface area contributed by atoms with E-state index in [0.29, 0.717) is 5.92 Å². The molecule has 0 radical (unpaired) electrons. The highest BCUT2D eigenvalue weighted by Crippen LogP contribution is 2.41. The van der Waals surface area contributed by atoms with Crippen molar-refractivity contribution in [3.63, 3.8) is 0 Å². The smallest absolute Gasteiger partial charge is 0.0370 e. The minimum atomic E-state index is 0.0414. The van der Waals surface area contributed by atoms with Gasteiger partial charge in [-0.2, -0.15) is 0 Å². The lowest BCUT2D eigenvalue weighted by Gasteiger charge is -2.22. The molecule has 2 atom stereocenters. The van der Waals surface area contributed by atoms with Gasteiger partial charge in [0, 0.05) is 29.7 Å². The number of pyridine rings is 1. The summed E-state index contributed by atoms with van der Waals surface area (Å²) in [5.41, 5.74) is 10.8. The van der Waals surface area contributed by atoms with E-state index in [-0.39, 0.29) is 6.04 Å². The monoisotopic (exact) mass is 274 g/mol. The first-order chi connectivity index (χ1) is 10.3.